The molecule has 0 aliphatic heterocycles. The van der Waals surface area contributed by atoms with Crippen LogP contribution in [0.3, 0.4) is 0 Å². The number of hydrogen-bond acceptors (Lipinski definition) is 6. The largest absolute Gasteiger partial charge is 0.392 e. The molecule has 0 radical (unpaired) electrons. The quantitative estimate of drug-likeness (QED) is 0.455. The number of nitrogens with one attached hydrogen (secondary N) is 1. The van der Waals surface area contributed by atoms with Gasteiger partial charge in [0.05, 0.1) is 23.2 Å². The van der Waals surface area contributed by atoms with Crippen LogP contribution in [0.2, 0.25) is 0 Å². The van der Waals surface area contributed by atoms with Crippen LogP contribution < -0.4 is 10.5 Å². The number of sulfonamides is 1. The predicted octanol–water partition coefficient (Wildman–Crippen LogP) is 1.38. The topological polar surface area (TPSA) is 140 Å². The zero-order chi connectivity index (χ0) is 23.6. The lowest BCUT2D eigenvalue weighted by Crippen LogP contribution is -2.45. The first-order chi connectivity index (χ1) is 15.8. The van der Waals surface area contributed by atoms with Crippen molar-refractivity contribution >= 4 is 15.9 Å². The zero-order valence-corrected chi connectivity index (χ0v) is 19.1. The SMILES string of the molecule is Cc1ccc(S(=O)(=O)N[C@H](Cc2cn([C@@H]3CCCc4cc(CO)ccc43)nn2)C(N)=O)cc1. The summed E-state index contributed by atoms with van der Waals surface area (Å²) < 4.78 is 29.6. The van der Waals surface area contributed by atoms with Gasteiger partial charge in [-0.1, -0.05) is 41.1 Å². The Morgan fingerprint density at radius 2 is 2.03 bits per heavy atom. The van der Waals surface area contributed by atoms with Crippen LogP contribution in [-0.4, -0.2) is 40.5 Å². The number of aryl methyl sites for hydroxylation is 2. The van der Waals surface area contributed by atoms with Crippen molar-refractivity contribution in [1.82, 2.24) is 19.7 Å². The summed E-state index contributed by atoms with van der Waals surface area (Å²) in [6.45, 7) is 1.86. The minimum Gasteiger partial charge on any atom is -0.392 e. The minimum atomic E-state index is -3.93. The molecule has 0 unspecified atom stereocenters. The molecule has 4 N–H and O–H groups in total. The Bertz CT molecular complexity index is 1250. The van der Waals surface area contributed by atoms with Gasteiger partial charge < -0.3 is 10.8 Å². The van der Waals surface area contributed by atoms with E-state index in [1.807, 2.05) is 25.1 Å². The van der Waals surface area contributed by atoms with Crippen molar-refractivity contribution in [2.45, 2.75) is 56.2 Å². The van der Waals surface area contributed by atoms with Crippen molar-refractivity contribution in [3.63, 3.8) is 0 Å². The average molecular weight is 470 g/mol. The lowest BCUT2D eigenvalue weighted by Gasteiger charge is -2.25. The molecule has 0 fully saturated rings. The first-order valence-corrected chi connectivity index (χ1v) is 12.3. The van der Waals surface area contributed by atoms with E-state index in [9.17, 15) is 18.3 Å². The van der Waals surface area contributed by atoms with Crippen molar-refractivity contribution in [2.75, 3.05) is 0 Å². The molecule has 1 amide bonds. The number of nitrogens with two attached hydrogens (primary N) is 1. The van der Waals surface area contributed by atoms with Crippen molar-refractivity contribution < 1.29 is 18.3 Å². The van der Waals surface area contributed by atoms with Gasteiger partial charge in [-0.05, 0) is 55.0 Å². The summed E-state index contributed by atoms with van der Waals surface area (Å²) in [7, 11) is -3.93. The van der Waals surface area contributed by atoms with Gasteiger partial charge in [-0.15, -0.1) is 5.10 Å². The number of carbonyl (C=O) groups is 1. The number of aromatic nitrogens is 3. The fraction of sp³-hybridized carbons (Fsp3) is 0.348. The van der Waals surface area contributed by atoms with Crippen molar-refractivity contribution in [1.29, 1.82) is 0 Å². The standard InChI is InChI=1S/C23H27N5O4S/c1-15-5-8-19(9-6-15)33(31,32)26-21(23(24)30)12-18-13-28(27-25-18)22-4-2-3-17-11-16(14-29)7-10-20(17)22/h5-11,13,21-22,26,29H,2-4,12,14H2,1H3,(H2,24,30)/t21-,22-/m1/s1. The molecule has 1 aliphatic carbocycles. The van der Waals surface area contributed by atoms with Gasteiger partial charge >= 0.3 is 0 Å². The maximum absolute atomic E-state index is 12.7. The molecular formula is C23H27N5O4S. The molecule has 0 saturated heterocycles. The molecule has 9 nitrogen and oxygen atoms in total. The number of nitrogens with zero attached hydrogens (tertiary/aromatic N) is 3. The monoisotopic (exact) mass is 469 g/mol. The van der Waals surface area contributed by atoms with E-state index in [4.69, 9.17) is 5.73 Å². The molecule has 174 valence electrons. The number of fused-ring (bicyclic) bond motifs is 1. The molecule has 33 heavy (non-hydrogen) atoms. The molecule has 1 heterocycles. The number of benzene rings is 2. The molecular weight excluding hydrogens is 442 g/mol. The van der Waals surface area contributed by atoms with Gasteiger partial charge in [0.15, 0.2) is 0 Å². The number of aliphatic hydroxyl groups excluding tert-OH is 1. The van der Waals surface area contributed by atoms with E-state index < -0.39 is 22.0 Å². The van der Waals surface area contributed by atoms with Gasteiger partial charge in [0.1, 0.15) is 6.04 Å². The van der Waals surface area contributed by atoms with Crippen LogP contribution >= 0.6 is 0 Å². The van der Waals surface area contributed by atoms with Crippen LogP contribution in [0.25, 0.3) is 0 Å². The second-order valence-electron chi connectivity index (χ2n) is 8.38. The Morgan fingerprint density at radius 1 is 1.27 bits per heavy atom. The smallest absolute Gasteiger partial charge is 0.241 e. The average Bonchev–Trinajstić information content (AvgIpc) is 3.26. The highest BCUT2D eigenvalue weighted by Crippen LogP contribution is 2.33. The van der Waals surface area contributed by atoms with Crippen LogP contribution in [0.15, 0.2) is 53.6 Å². The van der Waals surface area contributed by atoms with Crippen molar-refractivity contribution in [3.8, 4) is 0 Å². The van der Waals surface area contributed by atoms with Gasteiger partial charge in [-0.25, -0.2) is 13.1 Å². The van der Waals surface area contributed by atoms with E-state index in [0.29, 0.717) is 5.69 Å². The summed E-state index contributed by atoms with van der Waals surface area (Å²) in [5.74, 6) is -0.792. The molecule has 1 aliphatic rings. The van der Waals surface area contributed by atoms with Crippen LogP contribution in [-0.2, 0) is 34.3 Å². The third kappa shape index (κ3) is 5.13. The summed E-state index contributed by atoms with van der Waals surface area (Å²) >= 11 is 0. The van der Waals surface area contributed by atoms with Crippen LogP contribution in [0.1, 0.15) is 46.8 Å². The van der Waals surface area contributed by atoms with Gasteiger partial charge in [0.25, 0.3) is 0 Å². The van der Waals surface area contributed by atoms with E-state index in [1.165, 1.54) is 17.7 Å². The summed E-state index contributed by atoms with van der Waals surface area (Å²) in [5, 5.41) is 17.8. The molecule has 0 saturated carbocycles. The molecule has 2 atom stereocenters. The lowest BCUT2D eigenvalue weighted by atomic mass is 9.86. The molecule has 1 aromatic heterocycles. The Hall–Kier alpha value is -3.08. The number of carbonyl (C=O) groups excluding carboxylic acids is 1. The highest BCUT2D eigenvalue weighted by molar-refractivity contribution is 7.89. The number of aliphatic hydroxyl groups is 1. The molecule has 0 spiro atoms. The fourth-order valence-electron chi connectivity index (χ4n) is 4.16. The van der Waals surface area contributed by atoms with Gasteiger partial charge in [0.2, 0.25) is 15.9 Å². The van der Waals surface area contributed by atoms with Gasteiger partial charge in [-0.2, -0.15) is 4.72 Å². The first-order valence-electron chi connectivity index (χ1n) is 10.8. The third-order valence-electron chi connectivity index (χ3n) is 5.94. The normalized spacial score (nSPS) is 16.8. The highest BCUT2D eigenvalue weighted by Gasteiger charge is 2.27. The van der Waals surface area contributed by atoms with Crippen molar-refractivity contribution in [3.05, 3.63) is 76.6 Å². The Balaban J connectivity index is 1.52. The Morgan fingerprint density at radius 3 is 2.73 bits per heavy atom. The highest BCUT2D eigenvalue weighted by atomic mass is 32.2. The van der Waals surface area contributed by atoms with Crippen LogP contribution in [0, 0.1) is 6.92 Å². The summed E-state index contributed by atoms with van der Waals surface area (Å²) in [6.07, 6.45) is 4.51. The van der Waals surface area contributed by atoms with Crippen LogP contribution in [0.4, 0.5) is 0 Å². The minimum absolute atomic E-state index is 0.00157. The first kappa shape index (κ1) is 23.1. The number of amides is 1. The van der Waals surface area contributed by atoms with E-state index in [-0.39, 0.29) is 24.0 Å². The van der Waals surface area contributed by atoms with E-state index in [0.717, 1.165) is 36.0 Å². The zero-order valence-electron chi connectivity index (χ0n) is 18.3. The summed E-state index contributed by atoms with van der Waals surface area (Å²) in [4.78, 5) is 12.1. The lowest BCUT2D eigenvalue weighted by molar-refractivity contribution is -0.119. The molecule has 2 aromatic carbocycles. The molecule has 10 heteroatoms. The summed E-state index contributed by atoms with van der Waals surface area (Å²) in [6, 6.07) is 11.1. The molecule has 4 rings (SSSR count). The number of primary amides is 1. The third-order valence-corrected chi connectivity index (χ3v) is 7.42. The number of hydrogen-bond donors (Lipinski definition) is 3. The van der Waals surface area contributed by atoms with Gasteiger partial charge in [0, 0.05) is 12.6 Å². The predicted molar refractivity (Wildman–Crippen MR) is 122 cm³/mol. The maximum atomic E-state index is 12.7. The van der Waals surface area contributed by atoms with E-state index in [1.54, 1.807) is 23.0 Å². The molecule has 3 aromatic rings. The second-order valence-corrected chi connectivity index (χ2v) is 10.1. The fourth-order valence-corrected chi connectivity index (χ4v) is 5.36. The van der Waals surface area contributed by atoms with E-state index in [2.05, 4.69) is 15.0 Å². The summed E-state index contributed by atoms with van der Waals surface area (Å²) in [5.41, 5.74) is 10.1. The molecule has 0 bridgehead atoms. The number of rotatable bonds is 8. The Labute approximate surface area is 192 Å². The van der Waals surface area contributed by atoms with Crippen LogP contribution in [0.5, 0.6) is 0 Å². The Kier molecular flexibility index (Phi) is 6.59. The maximum Gasteiger partial charge on any atom is 0.241 e. The van der Waals surface area contributed by atoms with Gasteiger partial charge in [-0.3, -0.25) is 4.79 Å². The van der Waals surface area contributed by atoms with Crippen molar-refractivity contribution in [2.24, 2.45) is 5.73 Å². The second kappa shape index (κ2) is 9.42. The van der Waals surface area contributed by atoms with E-state index >= 15 is 0 Å².